The van der Waals surface area contributed by atoms with Crippen molar-refractivity contribution in [2.75, 3.05) is 5.75 Å². The zero-order valence-corrected chi connectivity index (χ0v) is 12.5. The smallest absolute Gasteiger partial charge is 0.395 e. The summed E-state index contributed by atoms with van der Waals surface area (Å²) in [7, 11) is -3.74. The summed E-state index contributed by atoms with van der Waals surface area (Å²) in [6.45, 7) is 1.29. The Morgan fingerprint density at radius 3 is 1.92 bits per heavy atom. The van der Waals surface area contributed by atoms with Crippen LogP contribution in [-0.4, -0.2) is 90.3 Å². The van der Waals surface area contributed by atoms with Crippen LogP contribution in [0.5, 0.6) is 0 Å². The summed E-state index contributed by atoms with van der Waals surface area (Å²) in [4.78, 5) is 20.0. The Labute approximate surface area is 120 Å². The first-order valence-corrected chi connectivity index (χ1v) is 4.32. The van der Waals surface area contributed by atoms with E-state index >= 15 is 0 Å². The SMILES string of the molecule is CCS(=O)(=O)NC(=O)C(=O)O.[Na].[Na]. The zero-order chi connectivity index (χ0) is 9.07. The van der Waals surface area contributed by atoms with Crippen molar-refractivity contribution in [1.29, 1.82) is 0 Å². The van der Waals surface area contributed by atoms with Crippen LogP contribution in [0, 0.1) is 0 Å². The fourth-order valence-corrected chi connectivity index (χ4v) is 0.771. The molecule has 2 N–H and O–H groups in total. The molecule has 1 amide bonds. The third-order valence-electron chi connectivity index (χ3n) is 0.822. The van der Waals surface area contributed by atoms with E-state index in [-0.39, 0.29) is 64.9 Å². The molecule has 0 bridgehead atoms. The summed E-state index contributed by atoms with van der Waals surface area (Å²) in [5.41, 5.74) is 0. The Kier molecular flexibility index (Phi) is 12.3. The van der Waals surface area contributed by atoms with E-state index < -0.39 is 21.9 Å². The first-order chi connectivity index (χ1) is 4.89. The van der Waals surface area contributed by atoms with Gasteiger partial charge in [0, 0.05) is 59.1 Å². The molecule has 0 aromatic rings. The van der Waals surface area contributed by atoms with Crippen LogP contribution in [0.3, 0.4) is 0 Å². The van der Waals surface area contributed by atoms with E-state index in [4.69, 9.17) is 5.11 Å². The van der Waals surface area contributed by atoms with Crippen molar-refractivity contribution >= 4 is 81.0 Å². The van der Waals surface area contributed by atoms with Crippen LogP contribution in [0.25, 0.3) is 0 Å². The Bertz CT molecular complexity index is 274. The van der Waals surface area contributed by atoms with E-state index in [9.17, 15) is 18.0 Å². The average molecular weight is 227 g/mol. The van der Waals surface area contributed by atoms with Crippen molar-refractivity contribution in [2.45, 2.75) is 6.92 Å². The Morgan fingerprint density at radius 1 is 1.31 bits per heavy atom. The summed E-state index contributed by atoms with van der Waals surface area (Å²) in [6.07, 6.45) is 0. The number of aliphatic carboxylic acids is 1. The molecule has 0 heterocycles. The molecule has 0 saturated heterocycles. The minimum Gasteiger partial charge on any atom is -0.474 e. The van der Waals surface area contributed by atoms with Gasteiger partial charge in [0.25, 0.3) is 0 Å². The van der Waals surface area contributed by atoms with E-state index in [0.717, 1.165) is 0 Å². The van der Waals surface area contributed by atoms with E-state index in [2.05, 4.69) is 0 Å². The van der Waals surface area contributed by atoms with Crippen LogP contribution in [0.1, 0.15) is 6.92 Å². The number of hydrogen-bond donors (Lipinski definition) is 2. The number of carbonyl (C=O) groups excluding carboxylic acids is 1. The maximum absolute atomic E-state index is 10.5. The Hall–Kier alpha value is 0.890. The fraction of sp³-hybridized carbons (Fsp3) is 0.500. The van der Waals surface area contributed by atoms with Gasteiger partial charge in [-0.15, -0.1) is 0 Å². The predicted octanol–water partition coefficient (Wildman–Crippen LogP) is -2.22. The molecule has 0 rings (SSSR count). The molecular formula is C4H7NNa2O5S. The Balaban J connectivity index is -0.000000500. The molecule has 0 aliphatic rings. The number of amides is 1. The van der Waals surface area contributed by atoms with Crippen molar-refractivity contribution in [3.05, 3.63) is 0 Å². The summed E-state index contributed by atoms with van der Waals surface area (Å²) in [6, 6.07) is 0. The molecule has 9 heteroatoms. The van der Waals surface area contributed by atoms with Gasteiger partial charge in [0.2, 0.25) is 10.0 Å². The third kappa shape index (κ3) is 9.20. The van der Waals surface area contributed by atoms with Crippen LogP contribution in [-0.2, 0) is 19.6 Å². The summed E-state index contributed by atoms with van der Waals surface area (Å²) in [5, 5.41) is 7.96. The Morgan fingerprint density at radius 2 is 1.69 bits per heavy atom. The molecule has 0 aromatic carbocycles. The van der Waals surface area contributed by atoms with E-state index in [1.165, 1.54) is 11.6 Å². The quantitative estimate of drug-likeness (QED) is 0.411. The third-order valence-corrected chi connectivity index (χ3v) is 2.08. The van der Waals surface area contributed by atoms with E-state index in [0.29, 0.717) is 0 Å². The van der Waals surface area contributed by atoms with Gasteiger partial charge in [-0.3, -0.25) is 4.79 Å². The van der Waals surface area contributed by atoms with Gasteiger partial charge in [-0.25, -0.2) is 17.9 Å². The summed E-state index contributed by atoms with van der Waals surface area (Å²) in [5.74, 6) is -3.68. The first kappa shape index (κ1) is 19.5. The molecule has 0 aromatic heterocycles. The van der Waals surface area contributed by atoms with Crippen molar-refractivity contribution < 1.29 is 23.1 Å². The van der Waals surface area contributed by atoms with Gasteiger partial charge in [-0.1, -0.05) is 0 Å². The number of nitrogens with one attached hydrogen (secondary N) is 1. The predicted molar refractivity (Wildman–Crippen MR) is 46.7 cm³/mol. The number of carboxylic acid groups (broad SMARTS) is 1. The van der Waals surface area contributed by atoms with Gasteiger partial charge in [-0.05, 0) is 6.92 Å². The van der Waals surface area contributed by atoms with Gasteiger partial charge >= 0.3 is 11.9 Å². The topological polar surface area (TPSA) is 101 Å². The standard InChI is InChI=1S/C4H7NO5S.2Na/c1-2-11(9,10)5-3(6)4(7)8;;/h2H2,1H3,(H,5,6)(H,7,8);;. The molecule has 2 radical (unpaired) electrons. The number of carboxylic acids is 1. The largest absolute Gasteiger partial charge is 0.474 e. The van der Waals surface area contributed by atoms with E-state index in [1.54, 1.807) is 0 Å². The van der Waals surface area contributed by atoms with E-state index in [1.807, 2.05) is 0 Å². The van der Waals surface area contributed by atoms with Crippen molar-refractivity contribution in [3.8, 4) is 0 Å². The van der Waals surface area contributed by atoms with Crippen LogP contribution >= 0.6 is 0 Å². The maximum atomic E-state index is 10.5. The summed E-state index contributed by atoms with van der Waals surface area (Å²) >= 11 is 0. The fourth-order valence-electron chi connectivity index (χ4n) is 0.257. The molecule has 66 valence electrons. The second kappa shape index (κ2) is 8.22. The second-order valence-electron chi connectivity index (χ2n) is 1.64. The second-order valence-corrected chi connectivity index (χ2v) is 3.65. The number of rotatable bonds is 2. The average Bonchev–Trinajstić information content (AvgIpc) is 1.87. The van der Waals surface area contributed by atoms with Gasteiger partial charge in [0.1, 0.15) is 0 Å². The van der Waals surface area contributed by atoms with Gasteiger partial charge in [-0.2, -0.15) is 0 Å². The minimum absolute atomic E-state index is 0. The first-order valence-electron chi connectivity index (χ1n) is 2.67. The van der Waals surface area contributed by atoms with Crippen molar-refractivity contribution in [3.63, 3.8) is 0 Å². The maximum Gasteiger partial charge on any atom is 0.395 e. The molecule has 0 aliphatic heterocycles. The van der Waals surface area contributed by atoms with Gasteiger partial charge in [0.05, 0.1) is 5.75 Å². The zero-order valence-electron chi connectivity index (χ0n) is 7.70. The molecule has 0 aliphatic carbocycles. The number of carbonyl (C=O) groups is 2. The molecule has 0 spiro atoms. The molecule has 0 saturated carbocycles. The number of hydrogen-bond acceptors (Lipinski definition) is 4. The van der Waals surface area contributed by atoms with Crippen molar-refractivity contribution in [1.82, 2.24) is 4.72 Å². The van der Waals surface area contributed by atoms with Crippen molar-refractivity contribution in [2.24, 2.45) is 0 Å². The molecule has 6 nitrogen and oxygen atoms in total. The molecule has 13 heavy (non-hydrogen) atoms. The van der Waals surface area contributed by atoms with Gasteiger partial charge < -0.3 is 5.11 Å². The molecule has 0 unspecified atom stereocenters. The van der Waals surface area contributed by atoms with Crippen LogP contribution < -0.4 is 4.72 Å². The minimum atomic E-state index is -3.74. The van der Waals surface area contributed by atoms with Crippen LogP contribution in [0.4, 0.5) is 0 Å². The summed E-state index contributed by atoms with van der Waals surface area (Å²) < 4.78 is 22.4. The van der Waals surface area contributed by atoms with Gasteiger partial charge in [0.15, 0.2) is 0 Å². The monoisotopic (exact) mass is 227 g/mol. The normalized spacial score (nSPS) is 9.00. The molecule has 0 fully saturated rings. The molecule has 0 atom stereocenters. The number of sulfonamides is 1. The molecular weight excluding hydrogens is 220 g/mol. The van der Waals surface area contributed by atoms with Crippen LogP contribution in [0.2, 0.25) is 0 Å². The van der Waals surface area contributed by atoms with Crippen LogP contribution in [0.15, 0.2) is 0 Å².